The first-order chi connectivity index (χ1) is 8.11. The molecule has 0 fully saturated rings. The second-order valence-electron chi connectivity index (χ2n) is 3.66. The lowest BCUT2D eigenvalue weighted by molar-refractivity contribution is 0.0953. The van der Waals surface area contributed by atoms with Crippen LogP contribution in [0.5, 0.6) is 0 Å². The molecular formula is C11H16ClN3O2. The van der Waals surface area contributed by atoms with Gasteiger partial charge < -0.3 is 15.7 Å². The van der Waals surface area contributed by atoms with Crippen molar-refractivity contribution in [2.45, 2.75) is 13.0 Å². The predicted octanol–water partition coefficient (Wildman–Crippen LogP) is 0.435. The van der Waals surface area contributed by atoms with Gasteiger partial charge in [-0.05, 0) is 13.0 Å². The molecule has 3 N–H and O–H groups in total. The van der Waals surface area contributed by atoms with Crippen molar-refractivity contribution in [1.29, 1.82) is 0 Å². The van der Waals surface area contributed by atoms with Gasteiger partial charge in [-0.15, -0.1) is 0 Å². The maximum atomic E-state index is 11.7. The summed E-state index contributed by atoms with van der Waals surface area (Å²) in [4.78, 5) is 15.5. The smallest absolute Gasteiger partial charge is 0.252 e. The summed E-state index contributed by atoms with van der Waals surface area (Å²) < 4.78 is 0. The number of halogens is 1. The molecule has 0 aliphatic heterocycles. The van der Waals surface area contributed by atoms with Gasteiger partial charge >= 0.3 is 0 Å². The second-order valence-corrected chi connectivity index (χ2v) is 4.07. The molecule has 1 aromatic heterocycles. The van der Waals surface area contributed by atoms with Crippen LogP contribution in [0.1, 0.15) is 17.3 Å². The maximum absolute atomic E-state index is 11.7. The minimum absolute atomic E-state index is 0.226. The van der Waals surface area contributed by atoms with Gasteiger partial charge in [0.05, 0.1) is 16.7 Å². The molecule has 0 spiro atoms. The Hall–Kier alpha value is -1.17. The Morgan fingerprint density at radius 1 is 1.59 bits per heavy atom. The number of pyridine rings is 1. The Kier molecular flexibility index (Phi) is 5.90. The zero-order valence-electron chi connectivity index (χ0n) is 9.61. The maximum Gasteiger partial charge on any atom is 0.252 e. The van der Waals surface area contributed by atoms with E-state index < -0.39 is 0 Å². The SMILES string of the molecule is CC(O)CNCCNC(=O)c1ccncc1Cl. The molecule has 0 aliphatic carbocycles. The monoisotopic (exact) mass is 257 g/mol. The van der Waals surface area contributed by atoms with Crippen molar-refractivity contribution in [2.75, 3.05) is 19.6 Å². The first-order valence-corrected chi connectivity index (χ1v) is 5.75. The largest absolute Gasteiger partial charge is 0.392 e. The normalized spacial score (nSPS) is 12.2. The number of hydrogen-bond acceptors (Lipinski definition) is 4. The number of aliphatic hydroxyl groups excluding tert-OH is 1. The summed E-state index contributed by atoms with van der Waals surface area (Å²) in [5, 5.41) is 15.1. The number of hydrogen-bond donors (Lipinski definition) is 3. The van der Waals surface area contributed by atoms with Gasteiger partial charge in [-0.2, -0.15) is 0 Å². The fourth-order valence-corrected chi connectivity index (χ4v) is 1.44. The van der Waals surface area contributed by atoms with Crippen LogP contribution in [0.15, 0.2) is 18.5 Å². The highest BCUT2D eigenvalue weighted by atomic mass is 35.5. The summed E-state index contributed by atoms with van der Waals surface area (Å²) in [5.74, 6) is -0.226. The van der Waals surface area contributed by atoms with Crippen LogP contribution >= 0.6 is 11.6 Å². The average molecular weight is 258 g/mol. The lowest BCUT2D eigenvalue weighted by Crippen LogP contribution is -2.34. The molecule has 0 aromatic carbocycles. The second kappa shape index (κ2) is 7.21. The van der Waals surface area contributed by atoms with Crippen LogP contribution in [-0.4, -0.2) is 41.7 Å². The molecule has 1 unspecified atom stereocenters. The van der Waals surface area contributed by atoms with Gasteiger partial charge in [0.25, 0.3) is 5.91 Å². The summed E-state index contributed by atoms with van der Waals surface area (Å²) in [6.45, 7) is 3.28. The number of amides is 1. The van der Waals surface area contributed by atoms with E-state index in [0.29, 0.717) is 30.2 Å². The highest BCUT2D eigenvalue weighted by molar-refractivity contribution is 6.33. The molecule has 0 saturated heterocycles. The topological polar surface area (TPSA) is 74.2 Å². The zero-order valence-corrected chi connectivity index (χ0v) is 10.4. The number of rotatable bonds is 6. The number of carbonyl (C=O) groups excluding carboxylic acids is 1. The first kappa shape index (κ1) is 13.9. The summed E-state index contributed by atoms with van der Waals surface area (Å²) in [7, 11) is 0. The van der Waals surface area contributed by atoms with Gasteiger partial charge in [0.2, 0.25) is 0 Å². The molecule has 1 aromatic rings. The fourth-order valence-electron chi connectivity index (χ4n) is 1.23. The van der Waals surface area contributed by atoms with Crippen molar-refractivity contribution in [3.05, 3.63) is 29.0 Å². The molecule has 0 radical (unpaired) electrons. The third-order valence-electron chi connectivity index (χ3n) is 2.04. The number of nitrogens with zero attached hydrogens (tertiary/aromatic N) is 1. The molecular weight excluding hydrogens is 242 g/mol. The zero-order chi connectivity index (χ0) is 12.7. The molecule has 0 saturated carbocycles. The number of nitrogens with one attached hydrogen (secondary N) is 2. The van der Waals surface area contributed by atoms with Gasteiger partial charge in [-0.3, -0.25) is 9.78 Å². The van der Waals surface area contributed by atoms with Crippen LogP contribution in [-0.2, 0) is 0 Å². The fraction of sp³-hybridized carbons (Fsp3) is 0.455. The third kappa shape index (κ3) is 5.12. The van der Waals surface area contributed by atoms with E-state index in [1.807, 2.05) is 0 Å². The number of carbonyl (C=O) groups is 1. The molecule has 0 aliphatic rings. The van der Waals surface area contributed by atoms with E-state index >= 15 is 0 Å². The van der Waals surface area contributed by atoms with E-state index in [2.05, 4.69) is 15.6 Å². The highest BCUT2D eigenvalue weighted by Crippen LogP contribution is 2.12. The predicted molar refractivity (Wildman–Crippen MR) is 66.1 cm³/mol. The van der Waals surface area contributed by atoms with Crippen LogP contribution < -0.4 is 10.6 Å². The minimum atomic E-state index is -0.389. The van der Waals surface area contributed by atoms with Crippen LogP contribution in [0, 0.1) is 0 Å². The Bertz CT molecular complexity index is 371. The summed E-state index contributed by atoms with van der Waals surface area (Å²) in [6.07, 6.45) is 2.56. The van der Waals surface area contributed by atoms with Crippen molar-refractivity contribution < 1.29 is 9.90 Å². The molecule has 1 amide bonds. The summed E-state index contributed by atoms with van der Waals surface area (Å²) in [5.41, 5.74) is 0.414. The van der Waals surface area contributed by atoms with Gasteiger partial charge in [0.15, 0.2) is 0 Å². The van der Waals surface area contributed by atoms with Crippen LogP contribution in [0.2, 0.25) is 5.02 Å². The molecule has 5 nitrogen and oxygen atoms in total. The standard InChI is InChI=1S/C11H16ClN3O2/c1-8(16)6-14-4-5-15-11(17)9-2-3-13-7-10(9)12/h2-3,7-8,14,16H,4-6H2,1H3,(H,15,17). The lowest BCUT2D eigenvalue weighted by atomic mass is 10.2. The van der Waals surface area contributed by atoms with E-state index in [1.54, 1.807) is 13.0 Å². The Morgan fingerprint density at radius 2 is 2.35 bits per heavy atom. The van der Waals surface area contributed by atoms with E-state index in [0.717, 1.165) is 0 Å². The highest BCUT2D eigenvalue weighted by Gasteiger charge is 2.08. The molecule has 94 valence electrons. The van der Waals surface area contributed by atoms with Gasteiger partial charge in [0, 0.05) is 32.0 Å². The van der Waals surface area contributed by atoms with Crippen LogP contribution in [0.3, 0.4) is 0 Å². The summed E-state index contributed by atoms with van der Waals surface area (Å²) in [6, 6.07) is 1.57. The van der Waals surface area contributed by atoms with Crippen molar-refractivity contribution >= 4 is 17.5 Å². The molecule has 1 rings (SSSR count). The Balaban J connectivity index is 2.29. The van der Waals surface area contributed by atoms with Crippen molar-refractivity contribution in [1.82, 2.24) is 15.6 Å². The van der Waals surface area contributed by atoms with Gasteiger partial charge in [-0.1, -0.05) is 11.6 Å². The molecule has 6 heteroatoms. The van der Waals surface area contributed by atoms with E-state index in [-0.39, 0.29) is 12.0 Å². The van der Waals surface area contributed by atoms with Gasteiger partial charge in [-0.25, -0.2) is 0 Å². The molecule has 0 bridgehead atoms. The van der Waals surface area contributed by atoms with Gasteiger partial charge in [0.1, 0.15) is 0 Å². The molecule has 1 atom stereocenters. The Labute approximate surface area is 105 Å². The summed E-state index contributed by atoms with van der Waals surface area (Å²) >= 11 is 5.83. The lowest BCUT2D eigenvalue weighted by Gasteiger charge is -2.08. The van der Waals surface area contributed by atoms with E-state index in [4.69, 9.17) is 16.7 Å². The van der Waals surface area contributed by atoms with Crippen molar-refractivity contribution in [3.8, 4) is 0 Å². The third-order valence-corrected chi connectivity index (χ3v) is 2.35. The minimum Gasteiger partial charge on any atom is -0.392 e. The van der Waals surface area contributed by atoms with Crippen molar-refractivity contribution in [3.63, 3.8) is 0 Å². The van der Waals surface area contributed by atoms with Crippen LogP contribution in [0.4, 0.5) is 0 Å². The number of aromatic nitrogens is 1. The number of aliphatic hydroxyl groups is 1. The van der Waals surface area contributed by atoms with E-state index in [1.165, 1.54) is 12.4 Å². The first-order valence-electron chi connectivity index (χ1n) is 5.37. The average Bonchev–Trinajstić information content (AvgIpc) is 2.28. The van der Waals surface area contributed by atoms with Crippen LogP contribution in [0.25, 0.3) is 0 Å². The Morgan fingerprint density at radius 3 is 3.00 bits per heavy atom. The molecule has 1 heterocycles. The van der Waals surface area contributed by atoms with Crippen molar-refractivity contribution in [2.24, 2.45) is 0 Å². The van der Waals surface area contributed by atoms with E-state index in [9.17, 15) is 4.79 Å². The quantitative estimate of drug-likeness (QED) is 0.647. The molecule has 17 heavy (non-hydrogen) atoms.